The number of ketones is 3. The Hall–Kier alpha value is -2.05. The highest BCUT2D eigenvalue weighted by atomic mass is 16.5. The molecule has 10 atom stereocenters. The van der Waals surface area contributed by atoms with Crippen molar-refractivity contribution >= 4 is 29.3 Å². The van der Waals surface area contributed by atoms with Gasteiger partial charge in [-0.25, -0.2) is 0 Å². The van der Waals surface area contributed by atoms with Gasteiger partial charge in [-0.15, -0.1) is 0 Å². The second-order valence-corrected chi connectivity index (χ2v) is 11.1. The monoisotopic (exact) mass is 444 g/mol. The van der Waals surface area contributed by atoms with Gasteiger partial charge in [-0.3, -0.25) is 24.0 Å². The summed E-state index contributed by atoms with van der Waals surface area (Å²) in [6.45, 7) is 3.12. The molecule has 0 heterocycles. The maximum atomic E-state index is 14.3. The lowest BCUT2D eigenvalue weighted by atomic mass is 9.57. The average molecular weight is 445 g/mol. The van der Waals surface area contributed by atoms with Crippen molar-refractivity contribution in [3.63, 3.8) is 0 Å². The van der Waals surface area contributed by atoms with Crippen LogP contribution in [-0.4, -0.2) is 43.5 Å². The summed E-state index contributed by atoms with van der Waals surface area (Å²) in [6.07, 6.45) is 4.09. The number of hydrogen-bond donors (Lipinski definition) is 0. The zero-order valence-corrected chi connectivity index (χ0v) is 19.2. The maximum absolute atomic E-state index is 14.3. The molecule has 0 N–H and O–H groups in total. The summed E-state index contributed by atoms with van der Waals surface area (Å²) in [5.74, 6) is -2.72. The van der Waals surface area contributed by atoms with Crippen molar-refractivity contribution in [1.82, 2.24) is 0 Å². The molecule has 0 aromatic carbocycles. The van der Waals surface area contributed by atoms with Gasteiger partial charge in [-0.1, -0.05) is 0 Å². The fourth-order valence-corrected chi connectivity index (χ4v) is 9.43. The zero-order valence-electron chi connectivity index (χ0n) is 19.2. The molecule has 5 saturated carbocycles. The Balaban J connectivity index is 1.49. The van der Waals surface area contributed by atoms with Crippen molar-refractivity contribution in [1.29, 1.82) is 0 Å². The van der Waals surface area contributed by atoms with E-state index in [9.17, 15) is 24.0 Å². The highest BCUT2D eigenvalue weighted by Gasteiger charge is 2.75. The number of carbonyl (C=O) groups excluding carboxylic acids is 5. The third-order valence-electron chi connectivity index (χ3n) is 10.2. The summed E-state index contributed by atoms with van der Waals surface area (Å²) >= 11 is 0. The Kier molecular flexibility index (Phi) is 4.75. The average Bonchev–Trinajstić information content (AvgIpc) is 3.55. The van der Waals surface area contributed by atoms with E-state index in [1.165, 1.54) is 14.2 Å². The standard InChI is InChI=1S/C25H32O7/c1-11(26)17-13-7-15(18(17)12(2)27)24(9-13)5-6-25(23(24)30)10-14-8-16(25)20(22(29)32-4)19(14)21(28)31-3/h13-20H,5-10H2,1-4H3. The second-order valence-electron chi connectivity index (χ2n) is 11.1. The van der Waals surface area contributed by atoms with Crippen LogP contribution in [0.3, 0.4) is 0 Å². The van der Waals surface area contributed by atoms with E-state index in [1.54, 1.807) is 13.8 Å². The smallest absolute Gasteiger partial charge is 0.309 e. The van der Waals surface area contributed by atoms with Crippen molar-refractivity contribution in [2.45, 2.75) is 52.4 Å². The zero-order chi connectivity index (χ0) is 23.2. The molecule has 5 fully saturated rings. The molecule has 0 aliphatic heterocycles. The predicted molar refractivity (Wildman–Crippen MR) is 111 cm³/mol. The molecule has 5 aliphatic rings. The van der Waals surface area contributed by atoms with Crippen LogP contribution in [-0.2, 0) is 33.4 Å². The minimum absolute atomic E-state index is 0.0108. The first-order chi connectivity index (χ1) is 15.1. The minimum atomic E-state index is -0.655. The highest BCUT2D eigenvalue weighted by Crippen LogP contribution is 2.74. The Morgan fingerprint density at radius 2 is 1.16 bits per heavy atom. The van der Waals surface area contributed by atoms with Crippen molar-refractivity contribution in [3.8, 4) is 0 Å². The lowest BCUT2D eigenvalue weighted by Gasteiger charge is -2.44. The SMILES string of the molecule is COC(=O)C1C2CC(C1C(=O)OC)C1(CCC3(CC4CC3C(C(C)=O)C4C(C)=O)C1=O)C2. The predicted octanol–water partition coefficient (Wildman–Crippen LogP) is 2.39. The van der Waals surface area contributed by atoms with Crippen LogP contribution < -0.4 is 0 Å². The number of methoxy groups -OCH3 is 2. The molecule has 0 saturated heterocycles. The molecule has 7 heteroatoms. The Morgan fingerprint density at radius 3 is 1.62 bits per heavy atom. The van der Waals surface area contributed by atoms with Crippen LogP contribution in [0.4, 0.5) is 0 Å². The number of fused-ring (bicyclic) bond motifs is 6. The van der Waals surface area contributed by atoms with Crippen LogP contribution in [0.15, 0.2) is 0 Å². The molecule has 10 unspecified atom stereocenters. The van der Waals surface area contributed by atoms with E-state index in [2.05, 4.69) is 0 Å². The van der Waals surface area contributed by atoms with E-state index >= 15 is 0 Å². The molecule has 4 bridgehead atoms. The summed E-state index contributed by atoms with van der Waals surface area (Å²) < 4.78 is 10.1. The first kappa shape index (κ1) is 21.8. The van der Waals surface area contributed by atoms with E-state index < -0.39 is 34.6 Å². The Morgan fingerprint density at radius 1 is 0.719 bits per heavy atom. The molecule has 7 nitrogen and oxygen atoms in total. The van der Waals surface area contributed by atoms with E-state index in [0.717, 1.165) is 6.42 Å². The summed E-state index contributed by atoms with van der Waals surface area (Å²) in [6, 6.07) is 0. The molecular formula is C25H32O7. The number of hydrogen-bond acceptors (Lipinski definition) is 7. The van der Waals surface area contributed by atoms with Gasteiger partial charge in [0.15, 0.2) is 0 Å². The lowest BCUT2D eigenvalue weighted by Crippen LogP contribution is -2.51. The number of Topliss-reactive ketones (excluding diaryl/α,β-unsaturated/α-hetero) is 3. The van der Waals surface area contributed by atoms with Crippen LogP contribution in [0, 0.1) is 58.2 Å². The van der Waals surface area contributed by atoms with Crippen molar-refractivity contribution in [2.24, 2.45) is 58.2 Å². The van der Waals surface area contributed by atoms with Gasteiger partial charge in [-0.2, -0.15) is 0 Å². The molecular weight excluding hydrogens is 412 g/mol. The fraction of sp³-hybridized carbons (Fsp3) is 0.800. The number of rotatable bonds is 4. The van der Waals surface area contributed by atoms with Crippen molar-refractivity contribution < 1.29 is 33.4 Å². The summed E-state index contributed by atoms with van der Waals surface area (Å²) in [4.78, 5) is 64.5. The van der Waals surface area contributed by atoms with Crippen molar-refractivity contribution in [2.75, 3.05) is 14.2 Å². The van der Waals surface area contributed by atoms with Crippen LogP contribution in [0.5, 0.6) is 0 Å². The highest BCUT2D eigenvalue weighted by molar-refractivity contribution is 5.98. The number of carbonyl (C=O) groups is 5. The molecule has 0 amide bonds. The Bertz CT molecular complexity index is 923. The molecule has 174 valence electrons. The van der Waals surface area contributed by atoms with Gasteiger partial charge >= 0.3 is 11.9 Å². The van der Waals surface area contributed by atoms with E-state index in [4.69, 9.17) is 9.47 Å². The first-order valence-corrected chi connectivity index (χ1v) is 11.8. The summed E-state index contributed by atoms with van der Waals surface area (Å²) in [7, 11) is 2.65. The minimum Gasteiger partial charge on any atom is -0.469 e. The van der Waals surface area contributed by atoms with Gasteiger partial charge in [0.1, 0.15) is 17.3 Å². The molecule has 0 aromatic heterocycles. The van der Waals surface area contributed by atoms with Gasteiger partial charge in [0.05, 0.1) is 26.1 Å². The van der Waals surface area contributed by atoms with Crippen molar-refractivity contribution in [3.05, 3.63) is 0 Å². The summed E-state index contributed by atoms with van der Waals surface area (Å²) in [5.41, 5.74) is -1.20. The second kappa shape index (κ2) is 6.97. The van der Waals surface area contributed by atoms with Gasteiger partial charge in [0.25, 0.3) is 0 Å². The molecule has 2 spiro atoms. The summed E-state index contributed by atoms with van der Waals surface area (Å²) in [5, 5.41) is 0. The van der Waals surface area contributed by atoms with Gasteiger partial charge < -0.3 is 9.47 Å². The van der Waals surface area contributed by atoms with E-state index in [0.29, 0.717) is 32.1 Å². The van der Waals surface area contributed by atoms with Gasteiger partial charge in [-0.05, 0) is 76.0 Å². The van der Waals surface area contributed by atoms with Gasteiger partial charge in [0, 0.05) is 22.7 Å². The lowest BCUT2D eigenvalue weighted by molar-refractivity contribution is -0.165. The number of esters is 2. The van der Waals surface area contributed by atoms with E-state index in [-0.39, 0.29) is 52.9 Å². The van der Waals surface area contributed by atoms with Crippen LogP contribution in [0.1, 0.15) is 52.4 Å². The van der Waals surface area contributed by atoms with Crippen LogP contribution in [0.25, 0.3) is 0 Å². The van der Waals surface area contributed by atoms with Crippen LogP contribution >= 0.6 is 0 Å². The molecule has 32 heavy (non-hydrogen) atoms. The third-order valence-corrected chi connectivity index (χ3v) is 10.2. The van der Waals surface area contributed by atoms with Crippen LogP contribution in [0.2, 0.25) is 0 Å². The molecule has 5 aliphatic carbocycles. The third kappa shape index (κ3) is 2.45. The normalized spacial score (nSPS) is 48.1. The fourth-order valence-electron chi connectivity index (χ4n) is 9.43. The quantitative estimate of drug-likeness (QED) is 0.613. The van der Waals surface area contributed by atoms with E-state index in [1.807, 2.05) is 0 Å². The molecule has 0 radical (unpaired) electrons. The largest absolute Gasteiger partial charge is 0.469 e. The topological polar surface area (TPSA) is 104 Å². The molecule has 5 rings (SSSR count). The van der Waals surface area contributed by atoms with Gasteiger partial charge in [0.2, 0.25) is 0 Å². The number of ether oxygens (including phenoxy) is 2. The maximum Gasteiger partial charge on any atom is 0.309 e. The molecule has 0 aromatic rings. The Labute approximate surface area is 188 Å². The first-order valence-electron chi connectivity index (χ1n) is 11.8.